The van der Waals surface area contributed by atoms with Crippen LogP contribution in [0.15, 0.2) is 24.3 Å². The third kappa shape index (κ3) is 4.61. The van der Waals surface area contributed by atoms with E-state index in [1.807, 2.05) is 11.6 Å². The minimum absolute atomic E-state index is 0.107. The first-order chi connectivity index (χ1) is 11.3. The summed E-state index contributed by atoms with van der Waals surface area (Å²) in [5.41, 5.74) is -1.24. The van der Waals surface area contributed by atoms with E-state index in [2.05, 4.69) is 0 Å². The molecule has 0 bridgehead atoms. The lowest BCUT2D eigenvalue weighted by Crippen LogP contribution is -2.46. The molecule has 0 fully saturated rings. The summed E-state index contributed by atoms with van der Waals surface area (Å²) in [6.07, 6.45) is 0.209. The molecule has 0 saturated heterocycles. The van der Waals surface area contributed by atoms with Crippen LogP contribution in [-0.2, 0) is 20.4 Å². The Balaban J connectivity index is 2.12. The quantitative estimate of drug-likeness (QED) is 0.754. The number of amides is 1. The molecule has 1 aliphatic heterocycles. The van der Waals surface area contributed by atoms with Crippen molar-refractivity contribution < 1.29 is 27.8 Å². The fourth-order valence-corrected chi connectivity index (χ4v) is 4.04. The Bertz CT molecular complexity index is 690. The molecule has 1 amide bonds. The van der Waals surface area contributed by atoms with E-state index in [1.165, 1.54) is 0 Å². The molecular weight excluding hydrogens is 334 g/mol. The second-order valence-electron chi connectivity index (χ2n) is 6.01. The van der Waals surface area contributed by atoms with Crippen LogP contribution in [0.2, 0.25) is 0 Å². The lowest BCUT2D eigenvalue weighted by atomic mass is 9.87. The summed E-state index contributed by atoms with van der Waals surface area (Å²) in [5, 5.41) is 10.9. The molecule has 0 aromatic heterocycles. The minimum Gasteiger partial charge on any atom is -0.490 e. The van der Waals surface area contributed by atoms with Crippen molar-refractivity contribution in [3.05, 3.63) is 29.8 Å². The number of rotatable bonds is 6. The van der Waals surface area contributed by atoms with Crippen molar-refractivity contribution in [1.82, 2.24) is 4.72 Å². The van der Waals surface area contributed by atoms with Crippen molar-refractivity contribution >= 4 is 16.1 Å². The summed E-state index contributed by atoms with van der Waals surface area (Å²) in [6, 6.07) is 6.74. The van der Waals surface area contributed by atoms with E-state index in [9.17, 15) is 18.3 Å². The van der Waals surface area contributed by atoms with Crippen LogP contribution in [-0.4, -0.2) is 38.1 Å². The highest BCUT2D eigenvalue weighted by atomic mass is 32.2. The number of para-hydroxylation sites is 1. The zero-order valence-electron chi connectivity index (χ0n) is 13.8. The first kappa shape index (κ1) is 18.5. The van der Waals surface area contributed by atoms with Crippen LogP contribution in [0.5, 0.6) is 5.75 Å². The number of carbonyl (C=O) groups excluding carboxylic acids is 1. The number of fused-ring (bicyclic) bond motifs is 1. The third-order valence-corrected chi connectivity index (χ3v) is 5.08. The fraction of sp³-hybridized carbons (Fsp3) is 0.562. The Morgan fingerprint density at radius 2 is 2.17 bits per heavy atom. The van der Waals surface area contributed by atoms with Crippen LogP contribution in [0, 0.1) is 0 Å². The maximum absolute atomic E-state index is 12.3. The number of hydrogen-bond donors (Lipinski definition) is 2. The van der Waals surface area contributed by atoms with Gasteiger partial charge in [-0.25, -0.2) is 17.9 Å². The maximum atomic E-state index is 12.3. The highest BCUT2D eigenvalue weighted by Gasteiger charge is 2.42. The number of hydrogen-bond acceptors (Lipinski definition) is 6. The van der Waals surface area contributed by atoms with Crippen LogP contribution in [0.3, 0.4) is 0 Å². The topological polar surface area (TPSA) is 102 Å². The molecule has 2 N–H and O–H groups in total. The average molecular weight is 357 g/mol. The predicted molar refractivity (Wildman–Crippen MR) is 88.2 cm³/mol. The molecule has 1 aliphatic rings. The molecule has 0 spiro atoms. The number of nitrogens with one attached hydrogen (secondary N) is 1. The van der Waals surface area contributed by atoms with Crippen molar-refractivity contribution in [3.8, 4) is 5.75 Å². The summed E-state index contributed by atoms with van der Waals surface area (Å²) in [6.45, 7) is 3.83. The van der Waals surface area contributed by atoms with Gasteiger partial charge >= 0.3 is 6.09 Å². The van der Waals surface area contributed by atoms with Gasteiger partial charge in [0.15, 0.2) is 0 Å². The molecule has 134 valence electrons. The van der Waals surface area contributed by atoms with Crippen molar-refractivity contribution in [2.24, 2.45) is 0 Å². The molecular formula is C16H23NO6S. The summed E-state index contributed by atoms with van der Waals surface area (Å²) in [7, 11) is -4.07. The van der Waals surface area contributed by atoms with Gasteiger partial charge in [-0.2, -0.15) is 0 Å². The monoisotopic (exact) mass is 357 g/mol. The third-order valence-electron chi connectivity index (χ3n) is 3.74. The number of carbonyl (C=O) groups is 1. The molecule has 1 aromatic carbocycles. The molecule has 0 radical (unpaired) electrons. The molecule has 24 heavy (non-hydrogen) atoms. The van der Waals surface area contributed by atoms with Gasteiger partial charge in [-0.05, 0) is 19.4 Å². The lowest BCUT2D eigenvalue weighted by molar-refractivity contribution is -0.00767. The zero-order valence-corrected chi connectivity index (χ0v) is 14.6. The number of aliphatic hydroxyl groups is 1. The maximum Gasteiger partial charge on any atom is 0.420 e. The SMILES string of the molecule is CCCCOC(=O)NS(=O)(=O)CC1(O)CC(C)Oc2ccccc21. The Morgan fingerprint density at radius 3 is 2.88 bits per heavy atom. The average Bonchev–Trinajstić information content (AvgIpc) is 2.45. The van der Waals surface area contributed by atoms with Gasteiger partial charge in [0.2, 0.25) is 10.0 Å². The summed E-state index contributed by atoms with van der Waals surface area (Å²) in [5.74, 6) is -0.201. The molecule has 7 nitrogen and oxygen atoms in total. The number of sulfonamides is 1. The van der Waals surface area contributed by atoms with Gasteiger partial charge < -0.3 is 14.6 Å². The highest BCUT2D eigenvalue weighted by Crippen LogP contribution is 2.39. The van der Waals surface area contributed by atoms with E-state index in [0.717, 1.165) is 6.42 Å². The van der Waals surface area contributed by atoms with Crippen molar-refractivity contribution in [2.75, 3.05) is 12.4 Å². The van der Waals surface area contributed by atoms with Crippen LogP contribution in [0.4, 0.5) is 4.79 Å². The van der Waals surface area contributed by atoms with E-state index in [4.69, 9.17) is 9.47 Å². The van der Waals surface area contributed by atoms with Gasteiger partial charge in [0, 0.05) is 12.0 Å². The molecule has 2 unspecified atom stereocenters. The lowest BCUT2D eigenvalue weighted by Gasteiger charge is -2.37. The fourth-order valence-electron chi connectivity index (χ4n) is 2.75. The summed E-state index contributed by atoms with van der Waals surface area (Å²) < 4.78 is 36.8. The van der Waals surface area contributed by atoms with E-state index in [-0.39, 0.29) is 19.1 Å². The van der Waals surface area contributed by atoms with E-state index in [0.29, 0.717) is 17.7 Å². The Morgan fingerprint density at radius 1 is 1.46 bits per heavy atom. The second kappa shape index (κ2) is 7.40. The normalized spacial score (nSPS) is 23.0. The first-order valence-corrected chi connectivity index (χ1v) is 9.57. The molecule has 1 heterocycles. The molecule has 1 aromatic rings. The summed E-state index contributed by atoms with van der Waals surface area (Å²) >= 11 is 0. The van der Waals surface area contributed by atoms with Gasteiger partial charge in [-0.1, -0.05) is 31.5 Å². The summed E-state index contributed by atoms with van der Waals surface area (Å²) in [4.78, 5) is 11.6. The van der Waals surface area contributed by atoms with Gasteiger partial charge in [-0.15, -0.1) is 0 Å². The van der Waals surface area contributed by atoms with Gasteiger partial charge in [0.25, 0.3) is 0 Å². The zero-order chi connectivity index (χ0) is 17.8. The van der Waals surface area contributed by atoms with Gasteiger partial charge in [0.05, 0.1) is 12.7 Å². The molecule has 2 rings (SSSR count). The van der Waals surface area contributed by atoms with Crippen LogP contribution >= 0.6 is 0 Å². The minimum atomic E-state index is -4.07. The predicted octanol–water partition coefficient (Wildman–Crippen LogP) is 1.90. The Labute approximate surface area is 142 Å². The molecule has 0 aliphatic carbocycles. The van der Waals surface area contributed by atoms with E-state index < -0.39 is 27.5 Å². The van der Waals surface area contributed by atoms with Crippen molar-refractivity contribution in [3.63, 3.8) is 0 Å². The first-order valence-electron chi connectivity index (χ1n) is 7.91. The highest BCUT2D eigenvalue weighted by molar-refractivity contribution is 7.90. The van der Waals surface area contributed by atoms with Crippen molar-refractivity contribution in [1.29, 1.82) is 0 Å². The van der Waals surface area contributed by atoms with Crippen LogP contribution < -0.4 is 9.46 Å². The Kier molecular flexibility index (Phi) is 5.71. The molecule has 0 saturated carbocycles. The van der Waals surface area contributed by atoms with Gasteiger partial charge in [-0.3, -0.25) is 0 Å². The molecule has 8 heteroatoms. The van der Waals surface area contributed by atoms with Crippen LogP contribution in [0.25, 0.3) is 0 Å². The number of unbranched alkanes of at least 4 members (excludes halogenated alkanes) is 1. The van der Waals surface area contributed by atoms with E-state index >= 15 is 0 Å². The molecule has 2 atom stereocenters. The smallest absolute Gasteiger partial charge is 0.420 e. The van der Waals surface area contributed by atoms with Gasteiger partial charge in [0.1, 0.15) is 17.1 Å². The second-order valence-corrected chi connectivity index (χ2v) is 7.73. The number of ether oxygens (including phenoxy) is 2. The van der Waals surface area contributed by atoms with E-state index in [1.54, 1.807) is 31.2 Å². The van der Waals surface area contributed by atoms with Crippen molar-refractivity contribution in [2.45, 2.75) is 44.8 Å². The standard InChI is InChI=1S/C16H23NO6S/c1-3-4-9-22-15(18)17-24(20,21)11-16(19)10-12(2)23-14-8-6-5-7-13(14)16/h5-8,12,19H,3-4,9-11H2,1-2H3,(H,17,18). The largest absolute Gasteiger partial charge is 0.490 e. The van der Waals surface area contributed by atoms with Crippen LogP contribution in [0.1, 0.15) is 38.7 Å². The Hall–Kier alpha value is -1.80. The number of benzene rings is 1.